The van der Waals surface area contributed by atoms with Crippen molar-refractivity contribution in [1.82, 2.24) is 15.2 Å². The van der Waals surface area contributed by atoms with Gasteiger partial charge >= 0.3 is 6.03 Å². The second-order valence-electron chi connectivity index (χ2n) is 6.99. The summed E-state index contributed by atoms with van der Waals surface area (Å²) in [6.07, 6.45) is 20.2. The maximum absolute atomic E-state index is 11.6. The van der Waals surface area contributed by atoms with Crippen LogP contribution in [0.25, 0.3) is 0 Å². The van der Waals surface area contributed by atoms with Crippen LogP contribution in [0.1, 0.15) is 84.0 Å². The third-order valence-corrected chi connectivity index (χ3v) is 4.64. The predicted molar refractivity (Wildman–Crippen MR) is 107 cm³/mol. The highest BCUT2D eigenvalue weighted by molar-refractivity contribution is 5.73. The Morgan fingerprint density at radius 3 is 1.76 bits per heavy atom. The lowest BCUT2D eigenvalue weighted by Crippen LogP contribution is -2.37. The molecule has 1 aromatic rings. The summed E-state index contributed by atoms with van der Waals surface area (Å²) in [4.78, 5) is 11.6. The molecule has 0 bridgehead atoms. The van der Waals surface area contributed by atoms with Crippen LogP contribution in [0.15, 0.2) is 24.5 Å². The number of nitrogens with one attached hydrogen (secondary N) is 2. The number of nitrogens with zero attached hydrogens (tertiary/aromatic N) is 1. The quantitative estimate of drug-likeness (QED) is 0.381. The average molecular weight is 350 g/mol. The summed E-state index contributed by atoms with van der Waals surface area (Å²) in [6, 6.07) is 3.94. The van der Waals surface area contributed by atoms with E-state index in [1.165, 1.54) is 70.6 Å². The standard InChI is InChI=1S/C21H39N3O/c1-2-3-4-5-6-7-8-9-10-11-12-13-16-22-21(25)23-17-20-24-18-14-15-19-24/h14-15,18-19H,2-13,16-17,20H2,1H3,(H2,22,23,25). The number of hydrogen-bond donors (Lipinski definition) is 2. The van der Waals surface area contributed by atoms with E-state index in [2.05, 4.69) is 22.1 Å². The van der Waals surface area contributed by atoms with Gasteiger partial charge in [0.15, 0.2) is 0 Å². The van der Waals surface area contributed by atoms with Gasteiger partial charge in [0, 0.05) is 32.0 Å². The van der Waals surface area contributed by atoms with E-state index in [-0.39, 0.29) is 6.03 Å². The molecule has 2 amide bonds. The summed E-state index contributed by atoms with van der Waals surface area (Å²) >= 11 is 0. The van der Waals surface area contributed by atoms with E-state index in [4.69, 9.17) is 0 Å². The first kappa shape index (κ1) is 21.6. The molecule has 0 aliphatic rings. The Kier molecular flexibility index (Phi) is 13.9. The lowest BCUT2D eigenvalue weighted by atomic mass is 10.1. The minimum Gasteiger partial charge on any atom is -0.353 e. The van der Waals surface area contributed by atoms with Crippen LogP contribution in [-0.2, 0) is 6.54 Å². The number of amides is 2. The molecular formula is C21H39N3O. The molecule has 4 heteroatoms. The fraction of sp³-hybridized carbons (Fsp3) is 0.762. The van der Waals surface area contributed by atoms with E-state index in [1.54, 1.807) is 0 Å². The van der Waals surface area contributed by atoms with Crippen molar-refractivity contribution in [2.75, 3.05) is 13.1 Å². The van der Waals surface area contributed by atoms with Crippen LogP contribution in [0.4, 0.5) is 4.79 Å². The lowest BCUT2D eigenvalue weighted by Gasteiger charge is -2.08. The monoisotopic (exact) mass is 349 g/mol. The third-order valence-electron chi connectivity index (χ3n) is 4.64. The van der Waals surface area contributed by atoms with Crippen LogP contribution >= 0.6 is 0 Å². The van der Waals surface area contributed by atoms with Crippen molar-refractivity contribution in [3.8, 4) is 0 Å². The van der Waals surface area contributed by atoms with Crippen molar-refractivity contribution in [1.29, 1.82) is 0 Å². The first-order valence-corrected chi connectivity index (χ1v) is 10.5. The average Bonchev–Trinajstić information content (AvgIpc) is 3.12. The van der Waals surface area contributed by atoms with E-state index in [1.807, 2.05) is 24.5 Å². The van der Waals surface area contributed by atoms with Crippen molar-refractivity contribution in [2.24, 2.45) is 0 Å². The molecule has 1 heterocycles. The molecule has 0 aromatic carbocycles. The number of carbonyl (C=O) groups is 1. The number of urea groups is 1. The Morgan fingerprint density at radius 2 is 1.20 bits per heavy atom. The van der Waals surface area contributed by atoms with Gasteiger partial charge in [-0.15, -0.1) is 0 Å². The molecule has 0 aliphatic carbocycles. The van der Waals surface area contributed by atoms with Gasteiger partial charge in [-0.1, -0.05) is 77.6 Å². The third kappa shape index (κ3) is 13.5. The number of carbonyl (C=O) groups excluding carboxylic acids is 1. The van der Waals surface area contributed by atoms with E-state index >= 15 is 0 Å². The van der Waals surface area contributed by atoms with E-state index < -0.39 is 0 Å². The Labute approximate surface area is 154 Å². The van der Waals surface area contributed by atoms with Gasteiger partial charge in [-0.05, 0) is 18.6 Å². The first-order chi connectivity index (χ1) is 12.3. The summed E-state index contributed by atoms with van der Waals surface area (Å²) in [5.74, 6) is 0. The molecule has 2 N–H and O–H groups in total. The zero-order valence-corrected chi connectivity index (χ0v) is 16.3. The second kappa shape index (κ2) is 16.0. The maximum atomic E-state index is 11.6. The zero-order valence-electron chi connectivity index (χ0n) is 16.3. The molecule has 0 aliphatic heterocycles. The number of aromatic nitrogens is 1. The van der Waals surface area contributed by atoms with Crippen molar-refractivity contribution in [3.05, 3.63) is 24.5 Å². The lowest BCUT2D eigenvalue weighted by molar-refractivity contribution is 0.240. The highest BCUT2D eigenvalue weighted by atomic mass is 16.2. The number of rotatable bonds is 16. The fourth-order valence-corrected chi connectivity index (χ4v) is 3.05. The number of unbranched alkanes of at least 4 members (excludes halogenated alkanes) is 11. The molecule has 0 atom stereocenters. The Morgan fingerprint density at radius 1 is 0.720 bits per heavy atom. The predicted octanol–water partition coefficient (Wildman–Crippen LogP) is 5.49. The molecule has 0 spiro atoms. The van der Waals surface area contributed by atoms with Crippen LogP contribution in [-0.4, -0.2) is 23.7 Å². The molecule has 0 unspecified atom stereocenters. The summed E-state index contributed by atoms with van der Waals surface area (Å²) < 4.78 is 2.06. The van der Waals surface area contributed by atoms with Crippen molar-refractivity contribution >= 4 is 6.03 Å². The summed E-state index contributed by atoms with van der Waals surface area (Å²) in [5, 5.41) is 5.83. The van der Waals surface area contributed by atoms with Crippen LogP contribution in [0.3, 0.4) is 0 Å². The zero-order chi connectivity index (χ0) is 18.0. The second-order valence-corrected chi connectivity index (χ2v) is 6.99. The minimum absolute atomic E-state index is 0.0461. The molecule has 25 heavy (non-hydrogen) atoms. The number of hydrogen-bond acceptors (Lipinski definition) is 1. The maximum Gasteiger partial charge on any atom is 0.314 e. The first-order valence-electron chi connectivity index (χ1n) is 10.5. The molecule has 0 radical (unpaired) electrons. The topological polar surface area (TPSA) is 46.1 Å². The Bertz CT molecular complexity index is 403. The molecular weight excluding hydrogens is 310 g/mol. The van der Waals surface area contributed by atoms with Crippen LogP contribution in [0.5, 0.6) is 0 Å². The van der Waals surface area contributed by atoms with Crippen molar-refractivity contribution in [3.63, 3.8) is 0 Å². The van der Waals surface area contributed by atoms with Crippen molar-refractivity contribution < 1.29 is 4.79 Å². The molecule has 0 saturated carbocycles. The summed E-state index contributed by atoms with van der Waals surface area (Å²) in [6.45, 7) is 4.54. The van der Waals surface area contributed by atoms with E-state index in [0.717, 1.165) is 19.5 Å². The molecule has 4 nitrogen and oxygen atoms in total. The van der Waals surface area contributed by atoms with Gasteiger partial charge in [-0.2, -0.15) is 0 Å². The van der Waals surface area contributed by atoms with Gasteiger partial charge < -0.3 is 15.2 Å². The molecule has 1 rings (SSSR count). The van der Waals surface area contributed by atoms with Gasteiger partial charge in [0.2, 0.25) is 0 Å². The molecule has 0 fully saturated rings. The van der Waals surface area contributed by atoms with E-state index in [0.29, 0.717) is 6.54 Å². The van der Waals surface area contributed by atoms with Gasteiger partial charge in [-0.25, -0.2) is 4.79 Å². The molecule has 0 saturated heterocycles. The van der Waals surface area contributed by atoms with Gasteiger partial charge in [0.25, 0.3) is 0 Å². The SMILES string of the molecule is CCCCCCCCCCCCCCNC(=O)NCCn1cccc1. The Hall–Kier alpha value is -1.45. The van der Waals surface area contributed by atoms with E-state index in [9.17, 15) is 4.79 Å². The van der Waals surface area contributed by atoms with Crippen molar-refractivity contribution in [2.45, 2.75) is 90.5 Å². The van der Waals surface area contributed by atoms with Gasteiger partial charge in [0.1, 0.15) is 0 Å². The molecule has 1 aromatic heterocycles. The Balaban J connectivity index is 1.75. The smallest absolute Gasteiger partial charge is 0.314 e. The molecule has 144 valence electrons. The normalized spacial score (nSPS) is 10.8. The highest BCUT2D eigenvalue weighted by Crippen LogP contribution is 2.11. The van der Waals surface area contributed by atoms with Crippen LogP contribution < -0.4 is 10.6 Å². The fourth-order valence-electron chi connectivity index (χ4n) is 3.05. The summed E-state index contributed by atoms with van der Waals surface area (Å²) in [5.41, 5.74) is 0. The van der Waals surface area contributed by atoms with Crippen LogP contribution in [0.2, 0.25) is 0 Å². The summed E-state index contributed by atoms with van der Waals surface area (Å²) in [7, 11) is 0. The van der Waals surface area contributed by atoms with Crippen LogP contribution in [0, 0.1) is 0 Å². The highest BCUT2D eigenvalue weighted by Gasteiger charge is 1.99. The van der Waals surface area contributed by atoms with Gasteiger partial charge in [-0.3, -0.25) is 0 Å². The minimum atomic E-state index is -0.0461. The largest absolute Gasteiger partial charge is 0.353 e. The van der Waals surface area contributed by atoms with Gasteiger partial charge in [0.05, 0.1) is 0 Å².